The second kappa shape index (κ2) is 9.43. The standard InChI is InChI=1S/C16H28N2O4/c1-3-9-18(10-4-2)15(20)8-7-14(19)17-13-6-5-12(11-13)16(21)22/h12-13H,3-11H2,1-2H3,(H,17,19)(H,21,22)/t12-,13+/m0/s1. The Bertz CT molecular complexity index is 392. The summed E-state index contributed by atoms with van der Waals surface area (Å²) in [5, 5.41) is 11.8. The van der Waals surface area contributed by atoms with E-state index in [9.17, 15) is 14.4 Å². The predicted molar refractivity (Wildman–Crippen MR) is 83.3 cm³/mol. The van der Waals surface area contributed by atoms with Crippen molar-refractivity contribution in [1.82, 2.24) is 10.2 Å². The quantitative estimate of drug-likeness (QED) is 0.679. The van der Waals surface area contributed by atoms with E-state index in [2.05, 4.69) is 5.32 Å². The largest absolute Gasteiger partial charge is 0.481 e. The number of carboxylic acids is 1. The van der Waals surface area contributed by atoms with Gasteiger partial charge in [-0.2, -0.15) is 0 Å². The second-order valence-electron chi connectivity index (χ2n) is 5.99. The van der Waals surface area contributed by atoms with Crippen LogP contribution < -0.4 is 5.32 Å². The van der Waals surface area contributed by atoms with Crippen molar-refractivity contribution in [2.75, 3.05) is 13.1 Å². The molecule has 2 N–H and O–H groups in total. The van der Waals surface area contributed by atoms with Gasteiger partial charge >= 0.3 is 5.97 Å². The molecule has 1 rings (SSSR count). The van der Waals surface area contributed by atoms with Crippen LogP contribution >= 0.6 is 0 Å². The summed E-state index contributed by atoms with van der Waals surface area (Å²) in [6, 6.07) is -0.0638. The van der Waals surface area contributed by atoms with Gasteiger partial charge < -0.3 is 15.3 Å². The molecule has 0 aromatic rings. The van der Waals surface area contributed by atoms with E-state index in [-0.39, 0.29) is 36.6 Å². The molecule has 1 saturated carbocycles. The van der Waals surface area contributed by atoms with Gasteiger partial charge in [0.1, 0.15) is 0 Å². The predicted octanol–water partition coefficient (Wildman–Crippen LogP) is 1.78. The highest BCUT2D eigenvalue weighted by atomic mass is 16.4. The van der Waals surface area contributed by atoms with E-state index in [1.54, 1.807) is 0 Å². The summed E-state index contributed by atoms with van der Waals surface area (Å²) in [6.07, 6.45) is 4.03. The summed E-state index contributed by atoms with van der Waals surface area (Å²) in [5.74, 6) is -1.27. The molecule has 6 nitrogen and oxygen atoms in total. The molecule has 126 valence electrons. The molecule has 1 aliphatic carbocycles. The lowest BCUT2D eigenvalue weighted by atomic mass is 10.1. The molecule has 0 saturated heterocycles. The Balaban J connectivity index is 2.30. The van der Waals surface area contributed by atoms with Crippen molar-refractivity contribution in [1.29, 1.82) is 0 Å². The summed E-state index contributed by atoms with van der Waals surface area (Å²) in [4.78, 5) is 36.7. The van der Waals surface area contributed by atoms with Crippen molar-refractivity contribution in [3.8, 4) is 0 Å². The summed E-state index contributed by atoms with van der Waals surface area (Å²) >= 11 is 0. The molecule has 0 bridgehead atoms. The van der Waals surface area contributed by atoms with Gasteiger partial charge in [-0.15, -0.1) is 0 Å². The number of carbonyl (C=O) groups excluding carboxylic acids is 2. The Labute approximate surface area is 132 Å². The summed E-state index contributed by atoms with van der Waals surface area (Å²) in [5.41, 5.74) is 0. The maximum atomic E-state index is 12.1. The van der Waals surface area contributed by atoms with Crippen molar-refractivity contribution >= 4 is 17.8 Å². The van der Waals surface area contributed by atoms with Gasteiger partial charge in [0.15, 0.2) is 0 Å². The highest BCUT2D eigenvalue weighted by molar-refractivity contribution is 5.84. The first-order valence-corrected chi connectivity index (χ1v) is 8.27. The van der Waals surface area contributed by atoms with Gasteiger partial charge in [0.25, 0.3) is 0 Å². The first-order valence-electron chi connectivity index (χ1n) is 8.27. The number of aliphatic carboxylic acids is 1. The lowest BCUT2D eigenvalue weighted by Crippen LogP contribution is -2.36. The SMILES string of the molecule is CCCN(CCC)C(=O)CCC(=O)N[C@@H]1CC[C@H](C(=O)O)C1. The first kappa shape index (κ1) is 18.5. The van der Waals surface area contributed by atoms with Crippen LogP contribution in [0.2, 0.25) is 0 Å². The van der Waals surface area contributed by atoms with Gasteiger partial charge in [0.2, 0.25) is 11.8 Å². The summed E-state index contributed by atoms with van der Waals surface area (Å²) in [6.45, 7) is 5.53. The second-order valence-corrected chi connectivity index (χ2v) is 5.99. The Morgan fingerprint density at radius 1 is 1.09 bits per heavy atom. The van der Waals surface area contributed by atoms with Crippen LogP contribution in [0.3, 0.4) is 0 Å². The molecule has 0 spiro atoms. The Hall–Kier alpha value is -1.59. The molecule has 0 unspecified atom stereocenters. The fourth-order valence-corrected chi connectivity index (χ4v) is 2.92. The third-order valence-electron chi connectivity index (χ3n) is 4.05. The molecule has 2 atom stereocenters. The lowest BCUT2D eigenvalue weighted by Gasteiger charge is -2.21. The molecule has 0 heterocycles. The molecular weight excluding hydrogens is 284 g/mol. The molecule has 0 aliphatic heterocycles. The first-order chi connectivity index (χ1) is 10.5. The zero-order chi connectivity index (χ0) is 16.5. The zero-order valence-electron chi connectivity index (χ0n) is 13.6. The zero-order valence-corrected chi connectivity index (χ0v) is 13.6. The molecule has 2 amide bonds. The Kier molecular flexibility index (Phi) is 7.91. The van der Waals surface area contributed by atoms with Crippen molar-refractivity contribution in [3.63, 3.8) is 0 Å². The summed E-state index contributed by atoms with van der Waals surface area (Å²) < 4.78 is 0. The van der Waals surface area contributed by atoms with E-state index in [0.717, 1.165) is 25.9 Å². The van der Waals surface area contributed by atoms with Crippen LogP contribution in [0.15, 0.2) is 0 Å². The van der Waals surface area contributed by atoms with Gasteiger partial charge in [-0.05, 0) is 32.1 Å². The minimum absolute atomic E-state index is 0.0219. The van der Waals surface area contributed by atoms with Crippen LogP contribution in [-0.2, 0) is 14.4 Å². The molecule has 1 aliphatic rings. The maximum Gasteiger partial charge on any atom is 0.306 e. The van der Waals surface area contributed by atoms with Crippen molar-refractivity contribution < 1.29 is 19.5 Å². The fraction of sp³-hybridized carbons (Fsp3) is 0.812. The molecular formula is C16H28N2O4. The van der Waals surface area contributed by atoms with E-state index in [1.807, 2.05) is 18.7 Å². The van der Waals surface area contributed by atoms with Gasteiger partial charge in [-0.3, -0.25) is 14.4 Å². The number of amides is 2. The Morgan fingerprint density at radius 2 is 1.73 bits per heavy atom. The number of hydrogen-bond donors (Lipinski definition) is 2. The molecule has 6 heteroatoms. The fourth-order valence-electron chi connectivity index (χ4n) is 2.92. The molecule has 0 aromatic heterocycles. The van der Waals surface area contributed by atoms with E-state index in [0.29, 0.717) is 19.3 Å². The topological polar surface area (TPSA) is 86.7 Å². The molecule has 22 heavy (non-hydrogen) atoms. The normalized spacial score (nSPS) is 20.6. The van der Waals surface area contributed by atoms with Crippen molar-refractivity contribution in [2.24, 2.45) is 5.92 Å². The van der Waals surface area contributed by atoms with Crippen LogP contribution in [0.5, 0.6) is 0 Å². The van der Waals surface area contributed by atoms with Crippen molar-refractivity contribution in [2.45, 2.75) is 64.8 Å². The minimum atomic E-state index is -0.790. The average Bonchev–Trinajstić information content (AvgIpc) is 2.93. The third kappa shape index (κ3) is 6.03. The Morgan fingerprint density at radius 3 is 2.23 bits per heavy atom. The maximum absolute atomic E-state index is 12.1. The van der Waals surface area contributed by atoms with Crippen molar-refractivity contribution in [3.05, 3.63) is 0 Å². The van der Waals surface area contributed by atoms with Crippen LogP contribution in [0.1, 0.15) is 58.8 Å². The van der Waals surface area contributed by atoms with Gasteiger partial charge in [0.05, 0.1) is 5.92 Å². The molecule has 0 aromatic carbocycles. The van der Waals surface area contributed by atoms with Gasteiger partial charge in [-0.25, -0.2) is 0 Å². The van der Waals surface area contributed by atoms with Crippen LogP contribution in [-0.4, -0.2) is 46.9 Å². The third-order valence-corrected chi connectivity index (χ3v) is 4.05. The number of carboxylic acid groups (broad SMARTS) is 1. The van der Waals surface area contributed by atoms with E-state index >= 15 is 0 Å². The average molecular weight is 312 g/mol. The van der Waals surface area contributed by atoms with E-state index < -0.39 is 5.97 Å². The van der Waals surface area contributed by atoms with Crippen LogP contribution in [0.4, 0.5) is 0 Å². The summed E-state index contributed by atoms with van der Waals surface area (Å²) in [7, 11) is 0. The number of hydrogen-bond acceptors (Lipinski definition) is 3. The highest BCUT2D eigenvalue weighted by Crippen LogP contribution is 2.25. The number of nitrogens with zero attached hydrogens (tertiary/aromatic N) is 1. The minimum Gasteiger partial charge on any atom is -0.481 e. The number of nitrogens with one attached hydrogen (secondary N) is 1. The lowest BCUT2D eigenvalue weighted by molar-refractivity contribution is -0.141. The highest BCUT2D eigenvalue weighted by Gasteiger charge is 2.30. The number of rotatable bonds is 9. The molecule has 1 fully saturated rings. The molecule has 0 radical (unpaired) electrons. The van der Waals surface area contributed by atoms with Gasteiger partial charge in [0, 0.05) is 32.0 Å². The van der Waals surface area contributed by atoms with E-state index in [1.165, 1.54) is 0 Å². The monoisotopic (exact) mass is 312 g/mol. The van der Waals surface area contributed by atoms with Gasteiger partial charge in [-0.1, -0.05) is 13.8 Å². The van der Waals surface area contributed by atoms with Crippen LogP contribution in [0, 0.1) is 5.92 Å². The smallest absolute Gasteiger partial charge is 0.306 e. The van der Waals surface area contributed by atoms with E-state index in [4.69, 9.17) is 5.11 Å². The number of carbonyl (C=O) groups is 3. The van der Waals surface area contributed by atoms with Crippen LogP contribution in [0.25, 0.3) is 0 Å².